The van der Waals surface area contributed by atoms with Crippen LogP contribution in [0.2, 0.25) is 0 Å². The van der Waals surface area contributed by atoms with Crippen LogP contribution in [-0.4, -0.2) is 17.3 Å². The Bertz CT molecular complexity index is 48.5. The van der Waals surface area contributed by atoms with Crippen LogP contribution in [0.4, 0.5) is 0 Å². The maximum atomic E-state index is 2.32. The van der Waals surface area contributed by atoms with Crippen LogP contribution in [0.25, 0.3) is 0 Å². The molecule has 0 aromatic carbocycles. The third kappa shape index (κ3) is 4.83. The largest absolute Gasteiger partial charge is 0.254 e. The molecular formula is C8H20S. The summed E-state index contributed by atoms with van der Waals surface area (Å²) in [7, 11) is 0.438. The van der Waals surface area contributed by atoms with Gasteiger partial charge in [-0.25, -0.2) is 0 Å². The number of hydrogen-bond donors (Lipinski definition) is 1. The Hall–Kier alpha value is 0.350. The van der Waals surface area contributed by atoms with Gasteiger partial charge >= 0.3 is 0 Å². The Morgan fingerprint density at radius 1 is 1.00 bits per heavy atom. The monoisotopic (exact) mass is 148 g/mol. The van der Waals surface area contributed by atoms with Gasteiger partial charge in [0.25, 0.3) is 0 Å². The van der Waals surface area contributed by atoms with E-state index in [1.165, 1.54) is 30.1 Å². The van der Waals surface area contributed by atoms with E-state index in [0.29, 0.717) is 10.9 Å². The van der Waals surface area contributed by atoms with E-state index in [1.54, 1.807) is 0 Å². The van der Waals surface area contributed by atoms with Crippen molar-refractivity contribution in [3.8, 4) is 0 Å². The molecule has 0 rings (SSSR count). The predicted molar refractivity (Wildman–Crippen MR) is 49.8 cm³/mol. The SMILES string of the molecule is CCCC[SH](CC)CC. The second kappa shape index (κ2) is 6.47. The van der Waals surface area contributed by atoms with Crippen LogP contribution in [0.1, 0.15) is 33.6 Å². The van der Waals surface area contributed by atoms with Crippen LogP contribution < -0.4 is 0 Å². The van der Waals surface area contributed by atoms with Gasteiger partial charge in [-0.15, -0.1) is 0 Å². The molecule has 58 valence electrons. The zero-order valence-electron chi connectivity index (χ0n) is 6.98. The lowest BCUT2D eigenvalue weighted by molar-refractivity contribution is 0.893. The van der Waals surface area contributed by atoms with Crippen molar-refractivity contribution < 1.29 is 0 Å². The molecule has 0 radical (unpaired) electrons. The first-order valence-electron chi connectivity index (χ1n) is 4.07. The van der Waals surface area contributed by atoms with Gasteiger partial charge in [0.2, 0.25) is 0 Å². The zero-order valence-corrected chi connectivity index (χ0v) is 7.88. The second-order valence-corrected chi connectivity index (χ2v) is 5.43. The fourth-order valence-corrected chi connectivity index (χ4v) is 2.76. The second-order valence-electron chi connectivity index (χ2n) is 2.38. The van der Waals surface area contributed by atoms with Crippen molar-refractivity contribution in [2.24, 2.45) is 0 Å². The van der Waals surface area contributed by atoms with E-state index in [-0.39, 0.29) is 0 Å². The molecule has 0 nitrogen and oxygen atoms in total. The van der Waals surface area contributed by atoms with Gasteiger partial charge in [0, 0.05) is 0 Å². The van der Waals surface area contributed by atoms with Gasteiger partial charge in [-0.05, 0) is 23.7 Å². The summed E-state index contributed by atoms with van der Waals surface area (Å²) in [5.41, 5.74) is 0. The molecule has 0 aromatic rings. The standard InChI is InChI=1S/C8H20S/c1-4-7-8-9(5-2)6-3/h9H,4-8H2,1-3H3. The Balaban J connectivity index is 3.09. The van der Waals surface area contributed by atoms with Crippen LogP contribution in [0.3, 0.4) is 0 Å². The third-order valence-electron chi connectivity index (χ3n) is 1.72. The smallest absolute Gasteiger partial charge is 0.0253 e. The van der Waals surface area contributed by atoms with Gasteiger partial charge in [-0.2, -0.15) is 0 Å². The van der Waals surface area contributed by atoms with Gasteiger partial charge in [-0.3, -0.25) is 10.9 Å². The van der Waals surface area contributed by atoms with E-state index in [9.17, 15) is 0 Å². The molecule has 0 aromatic heterocycles. The molecule has 0 heterocycles. The molecule has 0 saturated carbocycles. The van der Waals surface area contributed by atoms with Crippen LogP contribution >= 0.6 is 10.9 Å². The van der Waals surface area contributed by atoms with Crippen LogP contribution in [0.5, 0.6) is 0 Å². The maximum Gasteiger partial charge on any atom is -0.0253 e. The molecule has 0 atom stereocenters. The summed E-state index contributed by atoms with van der Waals surface area (Å²) >= 11 is 0. The average Bonchev–Trinajstić information content (AvgIpc) is 1.91. The first-order chi connectivity index (χ1) is 4.35. The van der Waals surface area contributed by atoms with Gasteiger partial charge < -0.3 is 0 Å². The Labute approximate surface area is 62.4 Å². The molecule has 0 bridgehead atoms. The summed E-state index contributed by atoms with van der Waals surface area (Å²) < 4.78 is 0. The number of rotatable bonds is 5. The fourth-order valence-electron chi connectivity index (χ4n) is 0.922. The van der Waals surface area contributed by atoms with E-state index in [4.69, 9.17) is 0 Å². The summed E-state index contributed by atoms with van der Waals surface area (Å²) in [5.74, 6) is 4.39. The number of thiol groups is 1. The lowest BCUT2D eigenvalue weighted by Gasteiger charge is -2.15. The van der Waals surface area contributed by atoms with E-state index in [1.807, 2.05) is 0 Å². The van der Waals surface area contributed by atoms with Gasteiger partial charge in [0.15, 0.2) is 0 Å². The van der Waals surface area contributed by atoms with E-state index in [0.717, 1.165) is 0 Å². The van der Waals surface area contributed by atoms with Crippen molar-refractivity contribution in [3.05, 3.63) is 0 Å². The van der Waals surface area contributed by atoms with Crippen LogP contribution in [-0.2, 0) is 0 Å². The quantitative estimate of drug-likeness (QED) is 0.569. The van der Waals surface area contributed by atoms with Gasteiger partial charge in [0.1, 0.15) is 0 Å². The van der Waals surface area contributed by atoms with Crippen LogP contribution in [0, 0.1) is 0 Å². The first kappa shape index (κ1) is 9.35. The number of hydrogen-bond acceptors (Lipinski definition) is 0. The Morgan fingerprint density at radius 3 is 1.89 bits per heavy atom. The normalized spacial score (nSPS) is 11.7. The summed E-state index contributed by atoms with van der Waals surface area (Å²) in [6, 6.07) is 0. The molecule has 0 aliphatic heterocycles. The highest BCUT2D eigenvalue weighted by Gasteiger charge is 1.94. The molecule has 0 aliphatic rings. The highest BCUT2D eigenvalue weighted by molar-refractivity contribution is 8.16. The van der Waals surface area contributed by atoms with Crippen molar-refractivity contribution in [2.45, 2.75) is 33.6 Å². The molecule has 0 fully saturated rings. The topological polar surface area (TPSA) is 0 Å². The van der Waals surface area contributed by atoms with E-state index in [2.05, 4.69) is 20.8 Å². The zero-order chi connectivity index (χ0) is 7.11. The van der Waals surface area contributed by atoms with E-state index < -0.39 is 0 Å². The summed E-state index contributed by atoms with van der Waals surface area (Å²) in [5, 5.41) is 0. The Kier molecular flexibility index (Phi) is 6.72. The first-order valence-corrected chi connectivity index (χ1v) is 5.97. The van der Waals surface area contributed by atoms with Crippen molar-refractivity contribution in [2.75, 3.05) is 17.3 Å². The molecule has 0 aliphatic carbocycles. The molecule has 0 amide bonds. The average molecular weight is 148 g/mol. The lowest BCUT2D eigenvalue weighted by Crippen LogP contribution is -1.93. The van der Waals surface area contributed by atoms with Crippen molar-refractivity contribution in [1.82, 2.24) is 0 Å². The third-order valence-corrected chi connectivity index (χ3v) is 4.46. The minimum atomic E-state index is 0.438. The molecule has 0 unspecified atom stereocenters. The number of unbranched alkanes of at least 4 members (excludes halogenated alkanes) is 1. The molecular weight excluding hydrogens is 128 g/mol. The predicted octanol–water partition coefficient (Wildman–Crippen LogP) is 2.83. The molecule has 9 heavy (non-hydrogen) atoms. The summed E-state index contributed by atoms with van der Waals surface area (Å²) in [6.07, 6.45) is 2.83. The van der Waals surface area contributed by atoms with Crippen LogP contribution in [0.15, 0.2) is 0 Å². The summed E-state index contributed by atoms with van der Waals surface area (Å²) in [6.45, 7) is 6.93. The highest BCUT2D eigenvalue weighted by Crippen LogP contribution is 2.24. The van der Waals surface area contributed by atoms with Crippen molar-refractivity contribution >= 4 is 10.9 Å². The molecule has 0 saturated heterocycles. The summed E-state index contributed by atoms with van der Waals surface area (Å²) in [4.78, 5) is 0. The molecule has 1 heteroatoms. The van der Waals surface area contributed by atoms with Gasteiger partial charge in [-0.1, -0.05) is 27.2 Å². The minimum absolute atomic E-state index is 0.438. The fraction of sp³-hybridized carbons (Fsp3) is 1.00. The lowest BCUT2D eigenvalue weighted by atomic mass is 10.4. The van der Waals surface area contributed by atoms with Crippen molar-refractivity contribution in [3.63, 3.8) is 0 Å². The van der Waals surface area contributed by atoms with E-state index >= 15 is 0 Å². The van der Waals surface area contributed by atoms with Gasteiger partial charge in [0.05, 0.1) is 0 Å². The Morgan fingerprint density at radius 2 is 1.56 bits per heavy atom. The molecule has 0 spiro atoms. The van der Waals surface area contributed by atoms with Crippen molar-refractivity contribution in [1.29, 1.82) is 0 Å². The minimum Gasteiger partial charge on any atom is -0.254 e. The maximum absolute atomic E-state index is 2.32. The molecule has 0 N–H and O–H groups in total. The highest BCUT2D eigenvalue weighted by atomic mass is 32.2.